The van der Waals surface area contributed by atoms with E-state index in [1.165, 1.54) is 29.7 Å². The molecule has 21 heavy (non-hydrogen) atoms. The zero-order valence-electron chi connectivity index (χ0n) is 13.1. The molecule has 1 N–H and O–H groups in total. The second-order valence-electron chi connectivity index (χ2n) is 7.15. The molecule has 0 saturated carbocycles. The number of rotatable bonds is 2. The lowest BCUT2D eigenvalue weighted by Gasteiger charge is -2.35. The van der Waals surface area contributed by atoms with Crippen LogP contribution in [-0.2, 0) is 13.6 Å². The van der Waals surface area contributed by atoms with Gasteiger partial charge < -0.3 is 5.32 Å². The van der Waals surface area contributed by atoms with Crippen LogP contribution in [0, 0.1) is 11.8 Å². The van der Waals surface area contributed by atoms with E-state index in [1.807, 2.05) is 11.7 Å². The summed E-state index contributed by atoms with van der Waals surface area (Å²) in [6.07, 6.45) is 0. The SMILES string of the molecule is Cn1nc(CN2CC3CNCC3C2(C)C)c2ccccc21. The molecule has 2 atom stereocenters. The average Bonchev–Trinajstić information content (AvgIpc) is 3.10. The molecule has 2 saturated heterocycles. The van der Waals surface area contributed by atoms with E-state index in [0.717, 1.165) is 24.9 Å². The third-order valence-electron chi connectivity index (χ3n) is 5.69. The molecule has 2 fully saturated rings. The zero-order valence-corrected chi connectivity index (χ0v) is 13.1. The molecular formula is C17H24N4. The Morgan fingerprint density at radius 3 is 2.90 bits per heavy atom. The van der Waals surface area contributed by atoms with Crippen molar-refractivity contribution in [2.75, 3.05) is 19.6 Å². The Morgan fingerprint density at radius 1 is 1.29 bits per heavy atom. The van der Waals surface area contributed by atoms with Gasteiger partial charge in [0.25, 0.3) is 0 Å². The summed E-state index contributed by atoms with van der Waals surface area (Å²) in [4.78, 5) is 2.64. The number of likely N-dealkylation sites (tertiary alicyclic amines) is 1. The summed E-state index contributed by atoms with van der Waals surface area (Å²) in [7, 11) is 2.04. The van der Waals surface area contributed by atoms with Gasteiger partial charge in [0.1, 0.15) is 0 Å². The first kappa shape index (κ1) is 13.3. The highest BCUT2D eigenvalue weighted by Gasteiger charge is 2.49. The van der Waals surface area contributed by atoms with E-state index < -0.39 is 0 Å². The summed E-state index contributed by atoms with van der Waals surface area (Å²) in [6, 6.07) is 8.55. The molecule has 0 radical (unpaired) electrons. The first-order valence-electron chi connectivity index (χ1n) is 7.94. The maximum atomic E-state index is 4.77. The van der Waals surface area contributed by atoms with E-state index in [9.17, 15) is 0 Å². The van der Waals surface area contributed by atoms with Crippen LogP contribution < -0.4 is 5.32 Å². The molecule has 0 amide bonds. The maximum absolute atomic E-state index is 4.77. The molecule has 4 heteroatoms. The van der Waals surface area contributed by atoms with Gasteiger partial charge in [-0.3, -0.25) is 9.58 Å². The molecule has 4 rings (SSSR count). The fourth-order valence-electron chi connectivity index (χ4n) is 4.36. The summed E-state index contributed by atoms with van der Waals surface area (Å²) in [5, 5.41) is 9.62. The van der Waals surface area contributed by atoms with Crippen LogP contribution in [0.25, 0.3) is 10.9 Å². The minimum absolute atomic E-state index is 0.257. The first-order valence-corrected chi connectivity index (χ1v) is 7.94. The van der Waals surface area contributed by atoms with E-state index in [2.05, 4.69) is 48.3 Å². The van der Waals surface area contributed by atoms with Gasteiger partial charge in [-0.25, -0.2) is 0 Å². The lowest BCUT2D eigenvalue weighted by atomic mass is 9.85. The Balaban J connectivity index is 1.66. The number of fused-ring (bicyclic) bond motifs is 2. The van der Waals surface area contributed by atoms with Gasteiger partial charge in [-0.15, -0.1) is 0 Å². The highest BCUT2D eigenvalue weighted by atomic mass is 15.3. The highest BCUT2D eigenvalue weighted by molar-refractivity contribution is 5.81. The van der Waals surface area contributed by atoms with Crippen LogP contribution in [0.15, 0.2) is 24.3 Å². The van der Waals surface area contributed by atoms with Crippen LogP contribution in [0.1, 0.15) is 19.5 Å². The minimum Gasteiger partial charge on any atom is -0.316 e. The maximum Gasteiger partial charge on any atom is 0.0843 e. The minimum atomic E-state index is 0.257. The molecule has 1 aromatic carbocycles. The van der Waals surface area contributed by atoms with Crippen molar-refractivity contribution in [1.82, 2.24) is 20.0 Å². The predicted octanol–water partition coefficient (Wildman–Crippen LogP) is 2.00. The third-order valence-corrected chi connectivity index (χ3v) is 5.69. The van der Waals surface area contributed by atoms with Gasteiger partial charge in [0, 0.05) is 37.6 Å². The molecule has 0 spiro atoms. The number of benzene rings is 1. The van der Waals surface area contributed by atoms with Gasteiger partial charge in [0.05, 0.1) is 11.2 Å². The first-order chi connectivity index (χ1) is 10.1. The van der Waals surface area contributed by atoms with Crippen LogP contribution in [-0.4, -0.2) is 39.9 Å². The van der Waals surface area contributed by atoms with E-state index in [1.54, 1.807) is 0 Å². The van der Waals surface area contributed by atoms with Crippen molar-refractivity contribution in [2.45, 2.75) is 25.9 Å². The molecule has 2 unspecified atom stereocenters. The van der Waals surface area contributed by atoms with Gasteiger partial charge >= 0.3 is 0 Å². The van der Waals surface area contributed by atoms with E-state index in [4.69, 9.17) is 5.10 Å². The largest absolute Gasteiger partial charge is 0.316 e. The Labute approximate surface area is 126 Å². The van der Waals surface area contributed by atoms with E-state index >= 15 is 0 Å². The molecular weight excluding hydrogens is 260 g/mol. The summed E-state index contributed by atoms with van der Waals surface area (Å²) in [5.74, 6) is 1.57. The van der Waals surface area contributed by atoms with E-state index in [-0.39, 0.29) is 5.54 Å². The third kappa shape index (κ3) is 1.93. The van der Waals surface area contributed by atoms with Gasteiger partial charge in [-0.05, 0) is 38.3 Å². The monoisotopic (exact) mass is 284 g/mol. The summed E-state index contributed by atoms with van der Waals surface area (Å²) in [5.41, 5.74) is 2.70. The molecule has 3 heterocycles. The standard InChI is InChI=1S/C17H24N4/c1-17(2)14-9-18-8-12(14)10-21(17)11-15-13-6-4-5-7-16(13)20(3)19-15/h4-7,12,14,18H,8-11H2,1-3H3. The molecule has 0 aliphatic carbocycles. The number of hydrogen-bond acceptors (Lipinski definition) is 3. The number of hydrogen-bond donors (Lipinski definition) is 1. The Morgan fingerprint density at radius 2 is 2.10 bits per heavy atom. The van der Waals surface area contributed by atoms with Crippen LogP contribution in [0.3, 0.4) is 0 Å². The number of aromatic nitrogens is 2. The molecule has 4 nitrogen and oxygen atoms in total. The van der Waals surface area contributed by atoms with Crippen molar-refractivity contribution in [2.24, 2.45) is 18.9 Å². The summed E-state index contributed by atoms with van der Waals surface area (Å²) in [6.45, 7) is 9.28. The number of para-hydroxylation sites is 1. The van der Waals surface area contributed by atoms with E-state index in [0.29, 0.717) is 0 Å². The summed E-state index contributed by atoms with van der Waals surface area (Å²) < 4.78 is 2.01. The van der Waals surface area contributed by atoms with Crippen molar-refractivity contribution in [1.29, 1.82) is 0 Å². The molecule has 1 aromatic heterocycles. The van der Waals surface area contributed by atoms with Gasteiger partial charge in [0.2, 0.25) is 0 Å². The number of nitrogens with zero attached hydrogens (tertiary/aromatic N) is 3. The average molecular weight is 284 g/mol. The van der Waals surface area contributed by atoms with Crippen LogP contribution in [0.2, 0.25) is 0 Å². The van der Waals surface area contributed by atoms with Crippen molar-refractivity contribution in [3.8, 4) is 0 Å². The molecule has 2 aliphatic rings. The zero-order chi connectivity index (χ0) is 14.6. The lowest BCUT2D eigenvalue weighted by molar-refractivity contribution is 0.130. The van der Waals surface area contributed by atoms with Crippen LogP contribution >= 0.6 is 0 Å². The number of aryl methyl sites for hydroxylation is 1. The van der Waals surface area contributed by atoms with Crippen molar-refractivity contribution in [3.05, 3.63) is 30.0 Å². The van der Waals surface area contributed by atoms with Gasteiger partial charge in [-0.1, -0.05) is 18.2 Å². The second kappa shape index (κ2) is 4.55. The fraction of sp³-hybridized carbons (Fsp3) is 0.588. The molecule has 2 aromatic rings. The van der Waals surface area contributed by atoms with Gasteiger partial charge in [-0.2, -0.15) is 5.10 Å². The van der Waals surface area contributed by atoms with Crippen LogP contribution in [0.4, 0.5) is 0 Å². The molecule has 112 valence electrons. The Kier molecular flexibility index (Phi) is 2.88. The van der Waals surface area contributed by atoms with Crippen LogP contribution in [0.5, 0.6) is 0 Å². The smallest absolute Gasteiger partial charge is 0.0843 e. The molecule has 0 bridgehead atoms. The predicted molar refractivity (Wildman–Crippen MR) is 85.1 cm³/mol. The fourth-order valence-corrected chi connectivity index (χ4v) is 4.36. The topological polar surface area (TPSA) is 33.1 Å². The highest BCUT2D eigenvalue weighted by Crippen LogP contribution is 2.41. The van der Waals surface area contributed by atoms with Crippen molar-refractivity contribution < 1.29 is 0 Å². The second-order valence-corrected chi connectivity index (χ2v) is 7.15. The Hall–Kier alpha value is -1.39. The Bertz CT molecular complexity index is 672. The van der Waals surface area contributed by atoms with Crippen molar-refractivity contribution >= 4 is 10.9 Å². The quantitative estimate of drug-likeness (QED) is 0.916. The normalized spacial score (nSPS) is 28.3. The lowest BCUT2D eigenvalue weighted by Crippen LogP contribution is -2.44. The number of nitrogens with one attached hydrogen (secondary N) is 1. The summed E-state index contributed by atoms with van der Waals surface area (Å²) >= 11 is 0. The van der Waals surface area contributed by atoms with Crippen molar-refractivity contribution in [3.63, 3.8) is 0 Å². The van der Waals surface area contributed by atoms with Gasteiger partial charge in [0.15, 0.2) is 0 Å². The molecule has 2 aliphatic heterocycles.